The molecule has 130 valence electrons. The molecule has 1 aromatic carbocycles. The summed E-state index contributed by atoms with van der Waals surface area (Å²) in [4.78, 5) is 18.4. The molecule has 0 radical (unpaired) electrons. The van der Waals surface area contributed by atoms with Crippen molar-refractivity contribution in [2.45, 2.75) is 50.5 Å². The van der Waals surface area contributed by atoms with Gasteiger partial charge in [0.05, 0.1) is 0 Å². The molecule has 2 aliphatic rings. The average molecular weight is 327 g/mol. The fourth-order valence-corrected chi connectivity index (χ4v) is 3.94. The van der Waals surface area contributed by atoms with Crippen molar-refractivity contribution in [2.75, 3.05) is 20.1 Å². The van der Waals surface area contributed by atoms with Crippen molar-refractivity contribution in [3.63, 3.8) is 0 Å². The molecule has 1 aromatic rings. The molecule has 1 saturated carbocycles. The van der Waals surface area contributed by atoms with E-state index in [2.05, 4.69) is 40.6 Å². The third-order valence-electron chi connectivity index (χ3n) is 5.60. The molecule has 0 aromatic heterocycles. The number of carbonyl (C=O) groups excluding carboxylic acids is 1. The molecule has 3 rings (SSSR count). The van der Waals surface area contributed by atoms with E-state index < -0.39 is 0 Å². The van der Waals surface area contributed by atoms with E-state index in [1.54, 1.807) is 0 Å². The summed E-state index contributed by atoms with van der Waals surface area (Å²) in [5.74, 6) is 1.12. The number of nitrogens with one attached hydrogen (secondary N) is 1. The minimum atomic E-state index is -0.0768. The van der Waals surface area contributed by atoms with Crippen LogP contribution in [0.15, 0.2) is 35.3 Å². The lowest BCUT2D eigenvalue weighted by Gasteiger charge is -2.30. The highest BCUT2D eigenvalue weighted by molar-refractivity contribution is 5.84. The first-order chi connectivity index (χ1) is 11.7. The molecule has 4 nitrogen and oxygen atoms in total. The van der Waals surface area contributed by atoms with Gasteiger partial charge in [-0.2, -0.15) is 0 Å². The van der Waals surface area contributed by atoms with Gasteiger partial charge in [-0.15, -0.1) is 0 Å². The maximum Gasteiger partial charge on any atom is 0.343 e. The molecule has 0 atom stereocenters. The summed E-state index contributed by atoms with van der Waals surface area (Å²) in [7, 11) is 1.89. The topological polar surface area (TPSA) is 44.7 Å². The van der Waals surface area contributed by atoms with E-state index in [-0.39, 0.29) is 6.03 Å². The lowest BCUT2D eigenvalue weighted by Crippen LogP contribution is -2.43. The van der Waals surface area contributed by atoms with Crippen LogP contribution in [-0.4, -0.2) is 43.3 Å². The predicted octanol–water partition coefficient (Wildman–Crippen LogP) is 3.84. The van der Waals surface area contributed by atoms with E-state index in [9.17, 15) is 4.79 Å². The zero-order chi connectivity index (χ0) is 16.8. The number of nitrogens with zero attached hydrogens (tertiary/aromatic N) is 2. The zero-order valence-electron chi connectivity index (χ0n) is 14.7. The van der Waals surface area contributed by atoms with E-state index in [1.807, 2.05) is 18.2 Å². The maximum atomic E-state index is 12.3. The van der Waals surface area contributed by atoms with E-state index >= 15 is 0 Å². The van der Waals surface area contributed by atoms with Crippen LogP contribution < -0.4 is 5.32 Å². The van der Waals surface area contributed by atoms with Crippen molar-refractivity contribution in [3.8, 4) is 0 Å². The maximum absolute atomic E-state index is 12.3. The molecule has 4 heteroatoms. The lowest BCUT2D eigenvalue weighted by molar-refractivity contribution is 0.186. The van der Waals surface area contributed by atoms with Gasteiger partial charge in [-0.1, -0.05) is 30.3 Å². The first-order valence-corrected chi connectivity index (χ1v) is 9.30. The van der Waals surface area contributed by atoms with Crippen LogP contribution in [-0.2, 0) is 0 Å². The predicted molar refractivity (Wildman–Crippen MR) is 98.7 cm³/mol. The van der Waals surface area contributed by atoms with Gasteiger partial charge in [0.2, 0.25) is 0 Å². The first kappa shape index (κ1) is 17.2. The summed E-state index contributed by atoms with van der Waals surface area (Å²) in [5.41, 5.74) is 1.45. The van der Waals surface area contributed by atoms with Crippen LogP contribution in [0, 0.1) is 5.92 Å². The molecule has 1 aliphatic carbocycles. The van der Waals surface area contributed by atoms with Crippen molar-refractivity contribution >= 4 is 12.2 Å². The molecule has 0 bridgehead atoms. The van der Waals surface area contributed by atoms with Crippen molar-refractivity contribution in [1.82, 2.24) is 10.2 Å². The second kappa shape index (κ2) is 8.43. The van der Waals surface area contributed by atoms with Crippen LogP contribution in [0.1, 0.15) is 50.0 Å². The smallest absolute Gasteiger partial charge is 0.323 e. The molecule has 1 heterocycles. The van der Waals surface area contributed by atoms with E-state index in [1.165, 1.54) is 18.4 Å². The Morgan fingerprint density at radius 2 is 1.75 bits per heavy atom. The highest BCUT2D eigenvalue weighted by Crippen LogP contribution is 2.34. The molecule has 1 saturated heterocycles. The number of rotatable bonds is 3. The summed E-state index contributed by atoms with van der Waals surface area (Å²) < 4.78 is 0. The van der Waals surface area contributed by atoms with Crippen molar-refractivity contribution in [3.05, 3.63) is 35.9 Å². The van der Waals surface area contributed by atoms with Gasteiger partial charge in [0.15, 0.2) is 0 Å². The van der Waals surface area contributed by atoms with Crippen molar-refractivity contribution in [1.29, 1.82) is 0 Å². The lowest BCUT2D eigenvalue weighted by atomic mass is 9.79. The van der Waals surface area contributed by atoms with Gasteiger partial charge < -0.3 is 10.2 Å². The number of hydrogen-bond donors (Lipinski definition) is 1. The zero-order valence-corrected chi connectivity index (χ0v) is 14.7. The summed E-state index contributed by atoms with van der Waals surface area (Å²) in [5, 5.41) is 3.33. The van der Waals surface area contributed by atoms with Crippen LogP contribution in [0.2, 0.25) is 0 Å². The fraction of sp³-hybridized carbons (Fsp3) is 0.600. The first-order valence-electron chi connectivity index (χ1n) is 9.30. The number of amides is 2. The minimum absolute atomic E-state index is 0.0768. The molecule has 0 unspecified atom stereocenters. The third-order valence-corrected chi connectivity index (χ3v) is 5.60. The number of hydrogen-bond acceptors (Lipinski definition) is 2. The number of benzene rings is 1. The molecule has 2 fully saturated rings. The van der Waals surface area contributed by atoms with Gasteiger partial charge in [0.1, 0.15) is 0 Å². The molecule has 2 amide bonds. The summed E-state index contributed by atoms with van der Waals surface area (Å²) >= 11 is 0. The molecular formula is C20H29N3O. The standard InChI is InChI=1S/C20H29N3O/c1-23(19-11-13-21-14-12-19)20(24)22-15-16-7-9-18(10-8-16)17-5-3-2-4-6-17/h2-6,15-16,18-19,21H,7-14H2,1H3/b22-15+. The minimum Gasteiger partial charge on any atom is -0.323 e. The Bertz CT molecular complexity index is 543. The third kappa shape index (κ3) is 4.44. The van der Waals surface area contributed by atoms with E-state index in [0.717, 1.165) is 38.8 Å². The Balaban J connectivity index is 1.46. The van der Waals surface area contributed by atoms with Crippen LogP contribution in [0.25, 0.3) is 0 Å². The van der Waals surface area contributed by atoms with Gasteiger partial charge in [-0.25, -0.2) is 9.79 Å². The molecule has 1 N–H and O–H groups in total. The average Bonchev–Trinajstić information content (AvgIpc) is 2.67. The van der Waals surface area contributed by atoms with Crippen LogP contribution in [0.3, 0.4) is 0 Å². The van der Waals surface area contributed by atoms with Gasteiger partial charge in [0.25, 0.3) is 0 Å². The SMILES string of the molecule is CN(C(=O)/N=C/C1CCC(c2ccccc2)CC1)C1CCNCC1. The second-order valence-electron chi connectivity index (χ2n) is 7.18. The fourth-order valence-electron chi connectivity index (χ4n) is 3.94. The van der Waals surface area contributed by atoms with Gasteiger partial charge in [-0.05, 0) is 69.0 Å². The van der Waals surface area contributed by atoms with Crippen LogP contribution in [0.5, 0.6) is 0 Å². The Labute approximate surface area is 145 Å². The van der Waals surface area contributed by atoms with E-state index in [4.69, 9.17) is 0 Å². The monoisotopic (exact) mass is 327 g/mol. The van der Waals surface area contributed by atoms with Gasteiger partial charge >= 0.3 is 6.03 Å². The van der Waals surface area contributed by atoms with Gasteiger partial charge in [0, 0.05) is 19.3 Å². The summed E-state index contributed by atoms with van der Waals surface area (Å²) in [6, 6.07) is 11.0. The Morgan fingerprint density at radius 1 is 1.08 bits per heavy atom. The molecule has 0 spiro atoms. The molecular weight excluding hydrogens is 298 g/mol. The molecule has 24 heavy (non-hydrogen) atoms. The van der Waals surface area contributed by atoms with Crippen LogP contribution in [0.4, 0.5) is 4.79 Å². The Hall–Kier alpha value is -1.68. The number of urea groups is 1. The highest BCUT2D eigenvalue weighted by Gasteiger charge is 2.23. The summed E-state index contributed by atoms with van der Waals surface area (Å²) in [6.45, 7) is 1.99. The van der Waals surface area contributed by atoms with Crippen molar-refractivity contribution < 1.29 is 4.79 Å². The molecule has 1 aliphatic heterocycles. The summed E-state index contributed by atoms with van der Waals surface area (Å²) in [6.07, 6.45) is 8.62. The van der Waals surface area contributed by atoms with E-state index in [0.29, 0.717) is 17.9 Å². The Morgan fingerprint density at radius 3 is 2.42 bits per heavy atom. The number of aliphatic imine (C=N–C) groups is 1. The Kier molecular flexibility index (Phi) is 6.02. The largest absolute Gasteiger partial charge is 0.343 e. The number of piperidine rings is 1. The number of carbonyl (C=O) groups is 1. The second-order valence-corrected chi connectivity index (χ2v) is 7.18. The van der Waals surface area contributed by atoms with Crippen molar-refractivity contribution in [2.24, 2.45) is 10.9 Å². The highest BCUT2D eigenvalue weighted by atomic mass is 16.2. The van der Waals surface area contributed by atoms with Gasteiger partial charge in [-0.3, -0.25) is 0 Å². The normalized spacial score (nSPS) is 25.7. The quantitative estimate of drug-likeness (QED) is 0.857. The van der Waals surface area contributed by atoms with Crippen LogP contribution >= 0.6 is 0 Å².